The number of H-pyrrole nitrogens is 1. The summed E-state index contributed by atoms with van der Waals surface area (Å²) in [4.78, 5) is 0. The predicted octanol–water partition coefficient (Wildman–Crippen LogP) is 4.53. The van der Waals surface area contributed by atoms with Gasteiger partial charge in [-0.15, -0.1) is 0 Å². The summed E-state index contributed by atoms with van der Waals surface area (Å²) in [5, 5.41) is 6.75. The summed E-state index contributed by atoms with van der Waals surface area (Å²) in [7, 11) is 0. The van der Waals surface area contributed by atoms with Gasteiger partial charge in [0.15, 0.2) is 0 Å². The van der Waals surface area contributed by atoms with E-state index in [0.29, 0.717) is 0 Å². The number of hydrogen-bond donors (Lipinski definition) is 1. The van der Waals surface area contributed by atoms with Gasteiger partial charge in [0.2, 0.25) is 0 Å². The van der Waals surface area contributed by atoms with Gasteiger partial charge in [-0.1, -0.05) is 45.9 Å². The second-order valence-electron chi connectivity index (χ2n) is 2.66. The van der Waals surface area contributed by atoms with Crippen LogP contribution >= 0.6 is 0 Å². The molecule has 2 heteroatoms. The van der Waals surface area contributed by atoms with Crippen molar-refractivity contribution < 1.29 is 0 Å². The van der Waals surface area contributed by atoms with E-state index in [1.54, 1.807) is 12.3 Å². The molecule has 0 aliphatic carbocycles. The molecule has 0 unspecified atom stereocenters. The normalized spacial score (nSPS) is 7.60. The van der Waals surface area contributed by atoms with Crippen molar-refractivity contribution in [2.24, 2.45) is 0 Å². The zero-order valence-corrected chi connectivity index (χ0v) is 10.9. The van der Waals surface area contributed by atoms with E-state index < -0.39 is 0 Å². The molecule has 0 aliphatic heterocycles. The molecule has 1 aromatic heterocycles. The molecular formula is C13H24N2. The standard InChI is InChI=1S/C9H12N2.2C2H6/c1-4-9-8(5-7(2)3)6-10-11-9;2*1-2/h4-6H,1H2,2-3H3,(H,10,11);2*1-2H3. The first-order chi connectivity index (χ1) is 7.24. The fourth-order valence-corrected chi connectivity index (χ4v) is 0.895. The van der Waals surface area contributed by atoms with Crippen molar-refractivity contribution in [3.63, 3.8) is 0 Å². The molecule has 0 fully saturated rings. The Morgan fingerprint density at radius 1 is 1.27 bits per heavy atom. The maximum Gasteiger partial charge on any atom is 0.0644 e. The van der Waals surface area contributed by atoms with E-state index in [1.807, 2.05) is 27.7 Å². The first kappa shape index (κ1) is 16.1. The van der Waals surface area contributed by atoms with Crippen LogP contribution in [0.2, 0.25) is 0 Å². The van der Waals surface area contributed by atoms with Crippen LogP contribution in [0.4, 0.5) is 0 Å². The smallest absolute Gasteiger partial charge is 0.0644 e. The molecule has 0 saturated carbocycles. The van der Waals surface area contributed by atoms with Crippen LogP contribution in [0.25, 0.3) is 12.2 Å². The molecule has 1 rings (SSSR count). The van der Waals surface area contributed by atoms with Gasteiger partial charge < -0.3 is 0 Å². The Morgan fingerprint density at radius 3 is 2.20 bits per heavy atom. The van der Waals surface area contributed by atoms with E-state index in [0.717, 1.165) is 11.3 Å². The summed E-state index contributed by atoms with van der Waals surface area (Å²) in [6.07, 6.45) is 5.63. The third kappa shape index (κ3) is 6.72. The van der Waals surface area contributed by atoms with Crippen LogP contribution in [0.1, 0.15) is 52.8 Å². The number of nitrogens with one attached hydrogen (secondary N) is 1. The largest absolute Gasteiger partial charge is 0.278 e. The molecular weight excluding hydrogens is 184 g/mol. The number of aromatic amines is 1. The summed E-state index contributed by atoms with van der Waals surface area (Å²) in [5.74, 6) is 0. The molecule has 0 aliphatic rings. The average Bonchev–Trinajstić information content (AvgIpc) is 2.70. The van der Waals surface area contributed by atoms with Gasteiger partial charge in [-0.3, -0.25) is 5.10 Å². The summed E-state index contributed by atoms with van der Waals surface area (Å²) < 4.78 is 0. The quantitative estimate of drug-likeness (QED) is 0.760. The highest BCUT2D eigenvalue weighted by Gasteiger charge is 1.95. The minimum absolute atomic E-state index is 0.978. The molecule has 0 amide bonds. The molecule has 0 radical (unpaired) electrons. The van der Waals surface area contributed by atoms with E-state index in [1.165, 1.54) is 5.57 Å². The zero-order chi connectivity index (χ0) is 12.3. The van der Waals surface area contributed by atoms with Crippen LogP contribution in [-0.4, -0.2) is 10.2 Å². The first-order valence-electron chi connectivity index (χ1n) is 5.54. The van der Waals surface area contributed by atoms with Gasteiger partial charge in [0, 0.05) is 5.56 Å². The van der Waals surface area contributed by atoms with Gasteiger partial charge in [-0.2, -0.15) is 5.10 Å². The topological polar surface area (TPSA) is 28.7 Å². The van der Waals surface area contributed by atoms with Gasteiger partial charge >= 0.3 is 0 Å². The monoisotopic (exact) mass is 208 g/mol. The Morgan fingerprint density at radius 2 is 1.80 bits per heavy atom. The molecule has 86 valence electrons. The molecule has 2 nitrogen and oxygen atoms in total. The molecule has 1 N–H and O–H groups in total. The molecule has 0 saturated heterocycles. The summed E-state index contributed by atoms with van der Waals surface area (Å²) in [6.45, 7) is 15.8. The lowest BCUT2D eigenvalue weighted by Gasteiger charge is -1.90. The summed E-state index contributed by atoms with van der Waals surface area (Å²) >= 11 is 0. The van der Waals surface area contributed by atoms with Crippen molar-refractivity contribution in [2.45, 2.75) is 41.5 Å². The molecule has 0 aromatic carbocycles. The van der Waals surface area contributed by atoms with Crippen molar-refractivity contribution in [3.05, 3.63) is 29.6 Å². The number of aromatic nitrogens is 2. The van der Waals surface area contributed by atoms with Crippen LogP contribution in [-0.2, 0) is 0 Å². The Bertz CT molecular complexity index is 278. The van der Waals surface area contributed by atoms with Crippen molar-refractivity contribution in [1.82, 2.24) is 10.2 Å². The van der Waals surface area contributed by atoms with Crippen LogP contribution in [0.15, 0.2) is 18.3 Å². The van der Waals surface area contributed by atoms with Crippen LogP contribution in [0.5, 0.6) is 0 Å². The number of nitrogens with zero attached hydrogens (tertiary/aromatic N) is 1. The highest BCUT2D eigenvalue weighted by Crippen LogP contribution is 2.10. The van der Waals surface area contributed by atoms with E-state index in [2.05, 4.69) is 36.7 Å². The van der Waals surface area contributed by atoms with Gasteiger partial charge in [0.1, 0.15) is 0 Å². The Balaban J connectivity index is 0. The van der Waals surface area contributed by atoms with Gasteiger partial charge in [-0.25, -0.2) is 0 Å². The predicted molar refractivity (Wildman–Crippen MR) is 70.7 cm³/mol. The summed E-state index contributed by atoms with van der Waals surface area (Å²) in [5.41, 5.74) is 3.33. The molecule has 0 bridgehead atoms. The minimum atomic E-state index is 0.978. The number of rotatable bonds is 2. The Kier molecular flexibility index (Phi) is 11.6. The second kappa shape index (κ2) is 10.8. The van der Waals surface area contributed by atoms with Crippen molar-refractivity contribution in [1.29, 1.82) is 0 Å². The summed E-state index contributed by atoms with van der Waals surface area (Å²) in [6, 6.07) is 0. The lowest BCUT2D eigenvalue weighted by molar-refractivity contribution is 1.08. The third-order valence-corrected chi connectivity index (χ3v) is 1.35. The molecule has 0 atom stereocenters. The molecule has 15 heavy (non-hydrogen) atoms. The SMILES string of the molecule is C=Cc1[nH]ncc1C=C(C)C.CC.CC. The average molecular weight is 208 g/mol. The fraction of sp³-hybridized carbons (Fsp3) is 0.462. The lowest BCUT2D eigenvalue weighted by Crippen LogP contribution is -1.74. The van der Waals surface area contributed by atoms with Gasteiger partial charge in [0.25, 0.3) is 0 Å². The van der Waals surface area contributed by atoms with Crippen molar-refractivity contribution in [2.75, 3.05) is 0 Å². The zero-order valence-electron chi connectivity index (χ0n) is 10.9. The van der Waals surface area contributed by atoms with E-state index in [-0.39, 0.29) is 0 Å². The molecule has 1 heterocycles. The Hall–Kier alpha value is -1.31. The van der Waals surface area contributed by atoms with Gasteiger partial charge in [-0.05, 0) is 19.9 Å². The Labute approximate surface area is 94.1 Å². The minimum Gasteiger partial charge on any atom is -0.278 e. The highest BCUT2D eigenvalue weighted by molar-refractivity contribution is 5.61. The third-order valence-electron chi connectivity index (χ3n) is 1.35. The van der Waals surface area contributed by atoms with Crippen molar-refractivity contribution in [3.8, 4) is 0 Å². The lowest BCUT2D eigenvalue weighted by atomic mass is 10.2. The molecule has 1 aromatic rings. The number of allylic oxidation sites excluding steroid dienone is 1. The fourth-order valence-electron chi connectivity index (χ4n) is 0.895. The van der Waals surface area contributed by atoms with Crippen LogP contribution in [0.3, 0.4) is 0 Å². The van der Waals surface area contributed by atoms with E-state index >= 15 is 0 Å². The van der Waals surface area contributed by atoms with Crippen LogP contribution < -0.4 is 0 Å². The van der Waals surface area contributed by atoms with Crippen LogP contribution in [0, 0.1) is 0 Å². The van der Waals surface area contributed by atoms with E-state index in [9.17, 15) is 0 Å². The second-order valence-corrected chi connectivity index (χ2v) is 2.66. The van der Waals surface area contributed by atoms with Gasteiger partial charge in [0.05, 0.1) is 11.9 Å². The maximum absolute atomic E-state index is 3.91. The first-order valence-corrected chi connectivity index (χ1v) is 5.54. The van der Waals surface area contributed by atoms with Crippen molar-refractivity contribution >= 4 is 12.2 Å². The number of hydrogen-bond acceptors (Lipinski definition) is 1. The molecule has 0 spiro atoms. The maximum atomic E-state index is 3.91. The van der Waals surface area contributed by atoms with E-state index in [4.69, 9.17) is 0 Å². The highest BCUT2D eigenvalue weighted by atomic mass is 15.1.